The minimum atomic E-state index is 0.322. The SMILES string of the molecule is CCc1ccccc1Oc1ccc(C(N)=S)cc1Cl. The number of nitrogens with two attached hydrogens (primary N) is 1. The molecule has 0 aliphatic heterocycles. The lowest BCUT2D eigenvalue weighted by molar-refractivity contribution is 0.477. The molecule has 0 saturated heterocycles. The number of benzene rings is 2. The summed E-state index contributed by atoms with van der Waals surface area (Å²) < 4.78 is 5.85. The second-order valence-corrected chi connectivity index (χ2v) is 4.92. The summed E-state index contributed by atoms with van der Waals surface area (Å²) in [7, 11) is 0. The first-order chi connectivity index (χ1) is 9.11. The summed E-state index contributed by atoms with van der Waals surface area (Å²) in [4.78, 5) is 0.322. The van der Waals surface area contributed by atoms with E-state index >= 15 is 0 Å². The number of ether oxygens (including phenoxy) is 1. The average molecular weight is 292 g/mol. The van der Waals surface area contributed by atoms with Crippen molar-refractivity contribution in [3.8, 4) is 11.5 Å². The lowest BCUT2D eigenvalue weighted by Gasteiger charge is -2.11. The summed E-state index contributed by atoms with van der Waals surface area (Å²) in [5, 5.41) is 0.496. The minimum Gasteiger partial charge on any atom is -0.456 e. The van der Waals surface area contributed by atoms with Crippen LogP contribution in [0.5, 0.6) is 11.5 Å². The Labute approximate surface area is 123 Å². The van der Waals surface area contributed by atoms with E-state index in [4.69, 9.17) is 34.3 Å². The molecule has 0 radical (unpaired) electrons. The van der Waals surface area contributed by atoms with Crippen molar-refractivity contribution in [1.82, 2.24) is 0 Å². The maximum Gasteiger partial charge on any atom is 0.146 e. The number of rotatable bonds is 4. The van der Waals surface area contributed by atoms with E-state index in [1.165, 1.54) is 0 Å². The van der Waals surface area contributed by atoms with E-state index < -0.39 is 0 Å². The molecule has 0 fully saturated rings. The molecule has 19 heavy (non-hydrogen) atoms. The van der Waals surface area contributed by atoms with Crippen LogP contribution in [0.3, 0.4) is 0 Å². The molecule has 2 nitrogen and oxygen atoms in total. The predicted molar refractivity (Wildman–Crippen MR) is 83.2 cm³/mol. The average Bonchev–Trinajstić information content (AvgIpc) is 2.41. The molecule has 0 aliphatic carbocycles. The number of thiocarbonyl (C=S) groups is 1. The zero-order valence-corrected chi connectivity index (χ0v) is 12.1. The Morgan fingerprint density at radius 2 is 1.95 bits per heavy atom. The monoisotopic (exact) mass is 291 g/mol. The highest BCUT2D eigenvalue weighted by Crippen LogP contribution is 2.32. The van der Waals surface area contributed by atoms with Crippen LogP contribution in [-0.2, 0) is 6.42 Å². The van der Waals surface area contributed by atoms with Gasteiger partial charge in [0.05, 0.1) is 5.02 Å². The first-order valence-electron chi connectivity index (χ1n) is 5.97. The van der Waals surface area contributed by atoms with Gasteiger partial charge in [0.15, 0.2) is 0 Å². The molecule has 2 rings (SSSR count). The molecule has 0 amide bonds. The van der Waals surface area contributed by atoms with Crippen molar-refractivity contribution >= 4 is 28.8 Å². The van der Waals surface area contributed by atoms with Crippen molar-refractivity contribution in [2.45, 2.75) is 13.3 Å². The summed E-state index contributed by atoms with van der Waals surface area (Å²) in [6.45, 7) is 2.08. The van der Waals surface area contributed by atoms with Crippen LogP contribution in [0.1, 0.15) is 18.1 Å². The van der Waals surface area contributed by atoms with Gasteiger partial charge >= 0.3 is 0 Å². The van der Waals surface area contributed by atoms with Crippen LogP contribution >= 0.6 is 23.8 Å². The van der Waals surface area contributed by atoms with E-state index in [2.05, 4.69) is 6.92 Å². The first-order valence-corrected chi connectivity index (χ1v) is 6.75. The molecule has 2 aromatic carbocycles. The number of halogens is 1. The Morgan fingerprint density at radius 1 is 1.21 bits per heavy atom. The van der Waals surface area contributed by atoms with Gasteiger partial charge in [0, 0.05) is 5.56 Å². The first kappa shape index (κ1) is 13.8. The van der Waals surface area contributed by atoms with E-state index in [0.29, 0.717) is 15.8 Å². The topological polar surface area (TPSA) is 35.2 Å². The van der Waals surface area contributed by atoms with Gasteiger partial charge in [0.2, 0.25) is 0 Å². The van der Waals surface area contributed by atoms with E-state index in [-0.39, 0.29) is 0 Å². The van der Waals surface area contributed by atoms with Crippen molar-refractivity contribution in [2.75, 3.05) is 0 Å². The summed E-state index contributed by atoms with van der Waals surface area (Å²) in [6, 6.07) is 13.2. The van der Waals surface area contributed by atoms with E-state index in [1.54, 1.807) is 18.2 Å². The van der Waals surface area contributed by atoms with Gasteiger partial charge in [-0.05, 0) is 36.2 Å². The van der Waals surface area contributed by atoms with Gasteiger partial charge in [-0.3, -0.25) is 0 Å². The molecule has 2 N–H and O–H groups in total. The standard InChI is InChI=1S/C15H14ClNOS/c1-2-10-5-3-4-6-13(10)18-14-8-7-11(15(17)19)9-12(14)16/h3-9H,2H2,1H3,(H2,17,19). The largest absolute Gasteiger partial charge is 0.456 e. The second-order valence-electron chi connectivity index (χ2n) is 4.07. The third-order valence-corrected chi connectivity index (χ3v) is 3.32. The van der Waals surface area contributed by atoms with Crippen LogP contribution in [0, 0.1) is 0 Å². The Morgan fingerprint density at radius 3 is 2.58 bits per heavy atom. The highest BCUT2D eigenvalue weighted by Gasteiger charge is 2.08. The van der Waals surface area contributed by atoms with E-state index in [0.717, 1.165) is 23.3 Å². The van der Waals surface area contributed by atoms with E-state index in [9.17, 15) is 0 Å². The van der Waals surface area contributed by atoms with Gasteiger partial charge < -0.3 is 10.5 Å². The highest BCUT2D eigenvalue weighted by molar-refractivity contribution is 7.80. The van der Waals surface area contributed by atoms with Gasteiger partial charge in [0.25, 0.3) is 0 Å². The van der Waals surface area contributed by atoms with Gasteiger partial charge in [-0.15, -0.1) is 0 Å². The molecule has 4 heteroatoms. The molecule has 0 spiro atoms. The molecule has 98 valence electrons. The zero-order valence-electron chi connectivity index (χ0n) is 10.5. The number of aryl methyl sites for hydroxylation is 1. The molecule has 0 aromatic heterocycles. The number of para-hydroxylation sites is 1. The predicted octanol–water partition coefficient (Wildman–Crippen LogP) is 4.33. The van der Waals surface area contributed by atoms with Gasteiger partial charge in [-0.1, -0.05) is 48.9 Å². The third kappa shape index (κ3) is 3.25. The van der Waals surface area contributed by atoms with Crippen LogP contribution in [-0.4, -0.2) is 4.99 Å². The molecular formula is C15H14ClNOS. The summed E-state index contributed by atoms with van der Waals surface area (Å²) >= 11 is 11.1. The molecule has 0 aliphatic rings. The van der Waals surface area contributed by atoms with Crippen molar-refractivity contribution < 1.29 is 4.74 Å². The van der Waals surface area contributed by atoms with Crippen molar-refractivity contribution in [1.29, 1.82) is 0 Å². The van der Waals surface area contributed by atoms with Gasteiger partial charge in [-0.2, -0.15) is 0 Å². The summed E-state index contributed by atoms with van der Waals surface area (Å²) in [5.74, 6) is 1.41. The van der Waals surface area contributed by atoms with Crippen LogP contribution < -0.4 is 10.5 Å². The fraction of sp³-hybridized carbons (Fsp3) is 0.133. The van der Waals surface area contributed by atoms with Crippen LogP contribution in [0.4, 0.5) is 0 Å². The molecule has 2 aromatic rings. The third-order valence-electron chi connectivity index (χ3n) is 2.79. The normalized spacial score (nSPS) is 10.2. The van der Waals surface area contributed by atoms with Crippen molar-refractivity contribution in [3.63, 3.8) is 0 Å². The van der Waals surface area contributed by atoms with Crippen LogP contribution in [0.25, 0.3) is 0 Å². The number of hydrogen-bond donors (Lipinski definition) is 1. The molecule has 0 heterocycles. The summed E-state index contributed by atoms with van der Waals surface area (Å²) in [5.41, 5.74) is 7.43. The van der Waals surface area contributed by atoms with Crippen LogP contribution in [0.15, 0.2) is 42.5 Å². The maximum absolute atomic E-state index is 6.18. The van der Waals surface area contributed by atoms with Gasteiger partial charge in [-0.25, -0.2) is 0 Å². The Bertz CT molecular complexity index is 613. The highest BCUT2D eigenvalue weighted by atomic mass is 35.5. The smallest absolute Gasteiger partial charge is 0.146 e. The van der Waals surface area contributed by atoms with Gasteiger partial charge in [0.1, 0.15) is 16.5 Å². The van der Waals surface area contributed by atoms with Crippen LogP contribution in [0.2, 0.25) is 5.02 Å². The fourth-order valence-electron chi connectivity index (χ4n) is 1.75. The molecule has 0 bridgehead atoms. The van der Waals surface area contributed by atoms with Crippen molar-refractivity contribution in [2.24, 2.45) is 5.73 Å². The number of hydrogen-bond acceptors (Lipinski definition) is 2. The maximum atomic E-state index is 6.18. The molecule has 0 atom stereocenters. The Kier molecular flexibility index (Phi) is 4.40. The molecular weight excluding hydrogens is 278 g/mol. The fourth-order valence-corrected chi connectivity index (χ4v) is 2.10. The minimum absolute atomic E-state index is 0.322. The second kappa shape index (κ2) is 6.04. The quantitative estimate of drug-likeness (QED) is 0.852. The summed E-state index contributed by atoms with van der Waals surface area (Å²) in [6.07, 6.45) is 0.902. The van der Waals surface area contributed by atoms with E-state index in [1.807, 2.05) is 24.3 Å². The lowest BCUT2D eigenvalue weighted by atomic mass is 10.1. The molecule has 0 unspecified atom stereocenters. The molecule has 0 saturated carbocycles. The Hall–Kier alpha value is -1.58. The lowest BCUT2D eigenvalue weighted by Crippen LogP contribution is -2.09. The Balaban J connectivity index is 2.31. The van der Waals surface area contributed by atoms with Crippen molar-refractivity contribution in [3.05, 3.63) is 58.6 Å². The zero-order chi connectivity index (χ0) is 13.8.